The van der Waals surface area contributed by atoms with E-state index in [2.05, 4.69) is 36.8 Å². The lowest BCUT2D eigenvalue weighted by Crippen LogP contribution is -2.30. The monoisotopic (exact) mass is 524 g/mol. The first-order chi connectivity index (χ1) is 13.4. The van der Waals surface area contributed by atoms with Gasteiger partial charge in [0.25, 0.3) is 0 Å². The average Bonchev–Trinajstić information content (AvgIpc) is 3.15. The van der Waals surface area contributed by atoms with Gasteiger partial charge in [-0.25, -0.2) is 8.42 Å². The van der Waals surface area contributed by atoms with Crippen LogP contribution in [0.2, 0.25) is 0 Å². The first-order valence-electron chi connectivity index (χ1n) is 8.97. The summed E-state index contributed by atoms with van der Waals surface area (Å²) in [6.45, 7) is 1.52. The van der Waals surface area contributed by atoms with Gasteiger partial charge in [0.1, 0.15) is 0 Å². The largest absolute Gasteiger partial charge is 0.419 e. The fourth-order valence-electron chi connectivity index (χ4n) is 3.24. The van der Waals surface area contributed by atoms with Crippen molar-refractivity contribution in [3.05, 3.63) is 57.5 Å². The maximum atomic E-state index is 13.3. The highest BCUT2D eigenvalue weighted by Gasteiger charge is 2.32. The molecule has 1 aromatic heterocycles. The molecule has 1 fully saturated rings. The van der Waals surface area contributed by atoms with Crippen LogP contribution in [0.15, 0.2) is 71.8 Å². The lowest BCUT2D eigenvalue weighted by atomic mass is 10.1. The third kappa shape index (κ3) is 3.90. The van der Waals surface area contributed by atoms with Gasteiger partial charge in [0.05, 0.1) is 4.90 Å². The zero-order chi connectivity index (χ0) is 19.7. The topological polar surface area (TPSA) is 63.4 Å². The molecule has 0 spiro atoms. The lowest BCUT2D eigenvalue weighted by Gasteiger charge is -2.26. The fourth-order valence-corrected chi connectivity index (χ4v) is 5.23. The Balaban J connectivity index is 1.85. The summed E-state index contributed by atoms with van der Waals surface area (Å²) >= 11 is 6.79. The van der Waals surface area contributed by atoms with Crippen molar-refractivity contribution in [2.24, 2.45) is 0 Å². The molecule has 0 aliphatic carbocycles. The third-order valence-electron chi connectivity index (χ3n) is 4.67. The van der Waals surface area contributed by atoms with E-state index in [0.717, 1.165) is 46.9 Å². The molecule has 0 unspecified atom stereocenters. The number of piperidine rings is 1. The van der Waals surface area contributed by atoms with E-state index in [0.29, 0.717) is 11.8 Å². The van der Waals surface area contributed by atoms with E-state index >= 15 is 0 Å². The minimum absolute atomic E-state index is 0.0216. The van der Waals surface area contributed by atoms with Crippen LogP contribution >= 0.6 is 31.9 Å². The van der Waals surface area contributed by atoms with Crippen molar-refractivity contribution in [1.29, 1.82) is 0 Å². The van der Waals surface area contributed by atoms with E-state index in [1.165, 1.54) is 0 Å². The van der Waals surface area contributed by atoms with E-state index in [4.69, 9.17) is 4.42 Å². The molecule has 0 saturated carbocycles. The van der Waals surface area contributed by atoms with Crippen LogP contribution in [0.5, 0.6) is 0 Å². The number of benzene rings is 2. The summed E-state index contributed by atoms with van der Waals surface area (Å²) in [6.07, 6.45) is 3.15. The maximum absolute atomic E-state index is 13.3. The quantitative estimate of drug-likeness (QED) is 0.437. The van der Waals surface area contributed by atoms with Gasteiger partial charge in [-0.15, -0.1) is 0 Å². The number of hydrogen-bond acceptors (Lipinski definition) is 5. The summed E-state index contributed by atoms with van der Waals surface area (Å²) in [6, 6.07) is 14.1. The molecule has 0 amide bonds. The number of rotatable bonds is 4. The summed E-state index contributed by atoms with van der Waals surface area (Å²) in [7, 11) is -3.81. The molecule has 2 aromatic carbocycles. The number of anilines is 1. The van der Waals surface area contributed by atoms with Gasteiger partial charge in [-0.05, 0) is 61.7 Å². The molecule has 3 aromatic rings. The second-order valence-electron chi connectivity index (χ2n) is 6.64. The Morgan fingerprint density at radius 3 is 2.32 bits per heavy atom. The highest BCUT2D eigenvalue weighted by molar-refractivity contribution is 9.10. The van der Waals surface area contributed by atoms with Crippen LogP contribution in [0, 0.1) is 0 Å². The first-order valence-corrected chi connectivity index (χ1v) is 12.0. The van der Waals surface area contributed by atoms with E-state index in [1.807, 2.05) is 29.2 Å². The molecular weight excluding hydrogens is 508 g/mol. The molecule has 4 rings (SSSR count). The Hall–Kier alpha value is -1.64. The Kier molecular flexibility index (Phi) is 5.62. The van der Waals surface area contributed by atoms with Gasteiger partial charge >= 0.3 is 0 Å². The first kappa shape index (κ1) is 19.7. The summed E-state index contributed by atoms with van der Waals surface area (Å²) in [5, 5.41) is -0.0216. The highest BCUT2D eigenvalue weighted by Crippen LogP contribution is 2.36. The Bertz CT molecular complexity index is 1090. The van der Waals surface area contributed by atoms with Gasteiger partial charge < -0.3 is 9.32 Å². The van der Waals surface area contributed by atoms with E-state index in [1.54, 1.807) is 24.3 Å². The molecule has 0 N–H and O–H groups in total. The van der Waals surface area contributed by atoms with Crippen LogP contribution in [-0.2, 0) is 9.84 Å². The molecule has 0 radical (unpaired) electrons. The second-order valence-corrected chi connectivity index (χ2v) is 10.3. The number of halogens is 2. The SMILES string of the molecule is O=S(=O)(c1ccc(Br)cc1)c1nc(-c2cccc(Br)c2)oc1N1CCCCC1. The molecule has 146 valence electrons. The van der Waals surface area contributed by atoms with Crippen LogP contribution in [0.1, 0.15) is 19.3 Å². The van der Waals surface area contributed by atoms with Crippen molar-refractivity contribution in [3.8, 4) is 11.5 Å². The molecule has 1 aliphatic heterocycles. The average molecular weight is 526 g/mol. The molecule has 5 nitrogen and oxygen atoms in total. The Morgan fingerprint density at radius 2 is 1.64 bits per heavy atom. The van der Waals surface area contributed by atoms with E-state index < -0.39 is 9.84 Å². The predicted molar refractivity (Wildman–Crippen MR) is 115 cm³/mol. The molecule has 0 bridgehead atoms. The molecular formula is C20H18Br2N2O3S. The van der Waals surface area contributed by atoms with Crippen LogP contribution < -0.4 is 4.90 Å². The van der Waals surface area contributed by atoms with Gasteiger partial charge in [-0.1, -0.05) is 37.9 Å². The fraction of sp³-hybridized carbons (Fsp3) is 0.250. The maximum Gasteiger partial charge on any atom is 0.236 e. The van der Waals surface area contributed by atoms with Gasteiger partial charge in [0.15, 0.2) is 0 Å². The number of oxazole rings is 1. The van der Waals surface area contributed by atoms with Crippen LogP contribution in [-0.4, -0.2) is 26.5 Å². The standard InChI is InChI=1S/C20H18Br2N2O3S/c21-15-7-9-17(10-8-15)28(25,26)19-20(24-11-2-1-3-12-24)27-18(23-19)14-5-4-6-16(22)13-14/h4-10,13H,1-3,11-12H2. The molecule has 1 aliphatic rings. The summed E-state index contributed by atoms with van der Waals surface area (Å²) in [5.74, 6) is 0.634. The lowest BCUT2D eigenvalue weighted by molar-refractivity contribution is 0.499. The van der Waals surface area contributed by atoms with E-state index in [9.17, 15) is 8.42 Å². The van der Waals surface area contributed by atoms with Crippen molar-refractivity contribution >= 4 is 47.6 Å². The summed E-state index contributed by atoms with van der Waals surface area (Å²) < 4.78 is 34.4. The Labute approximate surface area is 180 Å². The van der Waals surface area contributed by atoms with Crippen molar-refractivity contribution in [2.75, 3.05) is 18.0 Å². The molecule has 8 heteroatoms. The molecule has 2 heterocycles. The van der Waals surface area contributed by atoms with Gasteiger partial charge in [-0.2, -0.15) is 4.98 Å². The zero-order valence-electron chi connectivity index (χ0n) is 14.9. The molecule has 1 saturated heterocycles. The molecule has 28 heavy (non-hydrogen) atoms. The second kappa shape index (κ2) is 8.00. The minimum Gasteiger partial charge on any atom is -0.419 e. The number of nitrogens with zero attached hydrogens (tertiary/aromatic N) is 2. The smallest absolute Gasteiger partial charge is 0.236 e. The number of sulfone groups is 1. The van der Waals surface area contributed by atoms with Crippen molar-refractivity contribution < 1.29 is 12.8 Å². The van der Waals surface area contributed by atoms with Crippen molar-refractivity contribution in [2.45, 2.75) is 29.2 Å². The normalized spacial score (nSPS) is 15.0. The third-order valence-corrected chi connectivity index (χ3v) is 7.36. The van der Waals surface area contributed by atoms with Gasteiger partial charge in [0, 0.05) is 27.6 Å². The number of hydrogen-bond donors (Lipinski definition) is 0. The van der Waals surface area contributed by atoms with Crippen molar-refractivity contribution in [3.63, 3.8) is 0 Å². The van der Waals surface area contributed by atoms with Gasteiger partial charge in [0.2, 0.25) is 26.6 Å². The van der Waals surface area contributed by atoms with Crippen LogP contribution in [0.25, 0.3) is 11.5 Å². The van der Waals surface area contributed by atoms with Crippen molar-refractivity contribution in [1.82, 2.24) is 4.98 Å². The predicted octanol–water partition coefficient (Wildman–Crippen LogP) is 5.69. The van der Waals surface area contributed by atoms with Crippen LogP contribution in [0.3, 0.4) is 0 Å². The van der Waals surface area contributed by atoms with Gasteiger partial charge in [-0.3, -0.25) is 0 Å². The highest BCUT2D eigenvalue weighted by atomic mass is 79.9. The summed E-state index contributed by atoms with van der Waals surface area (Å²) in [4.78, 5) is 6.63. The zero-order valence-corrected chi connectivity index (χ0v) is 18.9. The molecule has 0 atom stereocenters. The summed E-state index contributed by atoms with van der Waals surface area (Å²) in [5.41, 5.74) is 0.727. The Morgan fingerprint density at radius 1 is 0.929 bits per heavy atom. The number of aromatic nitrogens is 1. The minimum atomic E-state index is -3.81. The van der Waals surface area contributed by atoms with Crippen LogP contribution in [0.4, 0.5) is 5.88 Å². The van der Waals surface area contributed by atoms with E-state index in [-0.39, 0.29) is 9.92 Å².